The van der Waals surface area contributed by atoms with E-state index in [-0.39, 0.29) is 12.1 Å². The highest BCUT2D eigenvalue weighted by atomic mass is 28.4. The Morgan fingerprint density at radius 1 is 1.21 bits per heavy atom. The summed E-state index contributed by atoms with van der Waals surface area (Å²) in [6, 6.07) is 7.77. The molecule has 1 aromatic carbocycles. The number of hydrogen-bond acceptors (Lipinski definition) is 5. The summed E-state index contributed by atoms with van der Waals surface area (Å²) in [5.41, 5.74) is 0.201. The molecule has 0 amide bonds. The SMILES string of the molecule is CC[C@](NCc1ccc(OC)cc1)(C(=O)OC)[C@H](C)O[Si](C)(C)C. The number of hydrogen-bond donors (Lipinski definition) is 1. The highest BCUT2D eigenvalue weighted by Gasteiger charge is 2.45. The van der Waals surface area contributed by atoms with Gasteiger partial charge >= 0.3 is 5.97 Å². The van der Waals surface area contributed by atoms with Crippen LogP contribution in [-0.2, 0) is 20.5 Å². The fourth-order valence-corrected chi connectivity index (χ4v) is 4.02. The van der Waals surface area contributed by atoms with E-state index in [2.05, 4.69) is 25.0 Å². The fraction of sp³-hybridized carbons (Fsp3) is 0.611. The molecule has 1 N–H and O–H groups in total. The third-order valence-corrected chi connectivity index (χ3v) is 5.16. The highest BCUT2D eigenvalue weighted by Crippen LogP contribution is 2.24. The van der Waals surface area contributed by atoms with E-state index in [4.69, 9.17) is 13.9 Å². The molecular weight excluding hydrogens is 322 g/mol. The first kappa shape index (κ1) is 20.7. The summed E-state index contributed by atoms with van der Waals surface area (Å²) in [5, 5.41) is 3.39. The van der Waals surface area contributed by atoms with Gasteiger partial charge in [-0.3, -0.25) is 5.32 Å². The predicted molar refractivity (Wildman–Crippen MR) is 98.8 cm³/mol. The molecule has 2 atom stereocenters. The van der Waals surface area contributed by atoms with Crippen molar-refractivity contribution >= 4 is 14.3 Å². The van der Waals surface area contributed by atoms with Crippen LogP contribution in [0, 0.1) is 0 Å². The van der Waals surface area contributed by atoms with Crippen molar-refractivity contribution in [2.45, 2.75) is 58.1 Å². The van der Waals surface area contributed by atoms with Crippen molar-refractivity contribution < 1.29 is 18.7 Å². The van der Waals surface area contributed by atoms with Gasteiger partial charge in [0.15, 0.2) is 8.32 Å². The van der Waals surface area contributed by atoms with Crippen molar-refractivity contribution in [3.63, 3.8) is 0 Å². The van der Waals surface area contributed by atoms with E-state index in [1.165, 1.54) is 7.11 Å². The van der Waals surface area contributed by atoms with Gasteiger partial charge < -0.3 is 13.9 Å². The molecule has 24 heavy (non-hydrogen) atoms. The smallest absolute Gasteiger partial charge is 0.328 e. The van der Waals surface area contributed by atoms with Gasteiger partial charge in [-0.05, 0) is 50.7 Å². The monoisotopic (exact) mass is 353 g/mol. The summed E-state index contributed by atoms with van der Waals surface area (Å²) in [5.74, 6) is 0.521. The third kappa shape index (κ3) is 5.33. The molecule has 0 radical (unpaired) electrons. The lowest BCUT2D eigenvalue weighted by Crippen LogP contribution is -2.61. The summed E-state index contributed by atoms with van der Waals surface area (Å²) in [6.07, 6.45) is 0.307. The number of carbonyl (C=O) groups excluding carboxylic acids is 1. The van der Waals surface area contributed by atoms with Gasteiger partial charge in [0.2, 0.25) is 0 Å². The van der Waals surface area contributed by atoms with Crippen LogP contribution < -0.4 is 10.1 Å². The average molecular weight is 354 g/mol. The zero-order chi connectivity index (χ0) is 18.4. The minimum absolute atomic E-state index is 0.278. The average Bonchev–Trinajstić information content (AvgIpc) is 2.54. The van der Waals surface area contributed by atoms with Crippen molar-refractivity contribution in [1.82, 2.24) is 5.32 Å². The van der Waals surface area contributed by atoms with E-state index in [1.54, 1.807) is 7.11 Å². The maximum atomic E-state index is 12.5. The lowest BCUT2D eigenvalue weighted by atomic mass is 9.89. The molecule has 0 aliphatic rings. The van der Waals surface area contributed by atoms with E-state index in [1.807, 2.05) is 38.1 Å². The first-order chi connectivity index (χ1) is 11.2. The van der Waals surface area contributed by atoms with Crippen LogP contribution in [0.1, 0.15) is 25.8 Å². The Labute approximate surface area is 146 Å². The van der Waals surface area contributed by atoms with Gasteiger partial charge in [0.05, 0.1) is 20.3 Å². The molecule has 0 spiro atoms. The summed E-state index contributed by atoms with van der Waals surface area (Å²) < 4.78 is 16.5. The lowest BCUT2D eigenvalue weighted by molar-refractivity contribution is -0.153. The number of ether oxygens (including phenoxy) is 2. The van der Waals surface area contributed by atoms with E-state index in [0.29, 0.717) is 13.0 Å². The van der Waals surface area contributed by atoms with Gasteiger partial charge in [-0.1, -0.05) is 19.1 Å². The zero-order valence-corrected chi connectivity index (χ0v) is 16.9. The van der Waals surface area contributed by atoms with Gasteiger partial charge in [-0.2, -0.15) is 0 Å². The van der Waals surface area contributed by atoms with Crippen LogP contribution in [0.3, 0.4) is 0 Å². The van der Waals surface area contributed by atoms with Crippen LogP contribution in [0.5, 0.6) is 5.75 Å². The molecular formula is C18H31NO4Si. The minimum atomic E-state index is -1.79. The summed E-state index contributed by atoms with van der Waals surface area (Å²) >= 11 is 0. The van der Waals surface area contributed by atoms with Crippen LogP contribution in [0.15, 0.2) is 24.3 Å². The minimum Gasteiger partial charge on any atom is -0.497 e. The number of benzene rings is 1. The summed E-state index contributed by atoms with van der Waals surface area (Å²) in [6.45, 7) is 10.8. The van der Waals surface area contributed by atoms with Crippen LogP contribution >= 0.6 is 0 Å². The number of rotatable bonds is 9. The van der Waals surface area contributed by atoms with Crippen LogP contribution in [0.4, 0.5) is 0 Å². The van der Waals surface area contributed by atoms with Crippen molar-refractivity contribution in [2.24, 2.45) is 0 Å². The van der Waals surface area contributed by atoms with Gasteiger partial charge in [-0.15, -0.1) is 0 Å². The maximum Gasteiger partial charge on any atom is 0.328 e. The first-order valence-corrected chi connectivity index (χ1v) is 11.7. The topological polar surface area (TPSA) is 56.8 Å². The van der Waals surface area contributed by atoms with Gasteiger partial charge in [0, 0.05) is 6.54 Å². The molecule has 136 valence electrons. The third-order valence-electron chi connectivity index (χ3n) is 4.10. The molecule has 1 rings (SSSR count). The Bertz CT molecular complexity index is 527. The molecule has 0 aromatic heterocycles. The van der Waals surface area contributed by atoms with Gasteiger partial charge in [-0.25, -0.2) is 4.79 Å². The quantitative estimate of drug-likeness (QED) is 0.545. The molecule has 0 saturated heterocycles. The first-order valence-electron chi connectivity index (χ1n) is 8.32. The van der Waals surface area contributed by atoms with Crippen LogP contribution in [0.25, 0.3) is 0 Å². The van der Waals surface area contributed by atoms with E-state index >= 15 is 0 Å². The lowest BCUT2D eigenvalue weighted by Gasteiger charge is -2.39. The van der Waals surface area contributed by atoms with Gasteiger partial charge in [0.25, 0.3) is 0 Å². The van der Waals surface area contributed by atoms with Crippen molar-refractivity contribution in [1.29, 1.82) is 0 Å². The molecule has 6 heteroatoms. The zero-order valence-electron chi connectivity index (χ0n) is 15.9. The Morgan fingerprint density at radius 2 is 1.79 bits per heavy atom. The van der Waals surface area contributed by atoms with Crippen molar-refractivity contribution in [2.75, 3.05) is 14.2 Å². The molecule has 5 nitrogen and oxygen atoms in total. The van der Waals surface area contributed by atoms with Crippen LogP contribution in [-0.4, -0.2) is 40.1 Å². The Kier molecular flexibility index (Phi) is 7.44. The Balaban J connectivity index is 2.97. The Morgan fingerprint density at radius 3 is 2.21 bits per heavy atom. The van der Waals surface area contributed by atoms with E-state index in [9.17, 15) is 4.79 Å². The normalized spacial score (nSPS) is 15.5. The number of nitrogens with one attached hydrogen (secondary N) is 1. The molecule has 0 aliphatic carbocycles. The Hall–Kier alpha value is -1.37. The molecule has 0 fully saturated rings. The van der Waals surface area contributed by atoms with Gasteiger partial charge in [0.1, 0.15) is 11.3 Å². The van der Waals surface area contributed by atoms with Crippen molar-refractivity contribution in [3.05, 3.63) is 29.8 Å². The molecule has 0 bridgehead atoms. The maximum absolute atomic E-state index is 12.5. The second kappa shape index (κ2) is 8.64. The number of carbonyl (C=O) groups is 1. The van der Waals surface area contributed by atoms with Crippen molar-refractivity contribution in [3.8, 4) is 5.75 Å². The molecule has 1 aromatic rings. The second-order valence-electron chi connectivity index (χ2n) is 6.89. The number of esters is 1. The molecule has 0 aliphatic heterocycles. The summed E-state index contributed by atoms with van der Waals surface area (Å²) in [4.78, 5) is 12.5. The summed E-state index contributed by atoms with van der Waals surface area (Å²) in [7, 11) is 1.27. The van der Waals surface area contributed by atoms with E-state index < -0.39 is 13.9 Å². The number of methoxy groups -OCH3 is 2. The second-order valence-corrected chi connectivity index (χ2v) is 11.4. The standard InChI is InChI=1S/C18H31NO4Si/c1-8-18(17(20)22-4,14(2)23-24(5,6)7)19-13-15-9-11-16(21-3)12-10-15/h9-12,14,19H,8,13H2,1-7H3/t14-,18+/m0/s1. The molecule has 0 heterocycles. The largest absolute Gasteiger partial charge is 0.497 e. The fourth-order valence-electron chi connectivity index (χ4n) is 2.75. The molecule has 0 unspecified atom stereocenters. The molecule has 0 saturated carbocycles. The van der Waals surface area contributed by atoms with Crippen LogP contribution in [0.2, 0.25) is 19.6 Å². The highest BCUT2D eigenvalue weighted by molar-refractivity contribution is 6.69. The van der Waals surface area contributed by atoms with E-state index in [0.717, 1.165) is 11.3 Å². The predicted octanol–water partition coefficient (Wildman–Crippen LogP) is 3.35.